The van der Waals surface area contributed by atoms with E-state index in [0.29, 0.717) is 0 Å². The van der Waals surface area contributed by atoms with Gasteiger partial charge in [0.15, 0.2) is 0 Å². The second kappa shape index (κ2) is 4.46. The number of para-hydroxylation sites is 1. The molecule has 0 aliphatic heterocycles. The second-order valence-electron chi connectivity index (χ2n) is 3.47. The lowest BCUT2D eigenvalue weighted by molar-refractivity contribution is 0.612. The summed E-state index contributed by atoms with van der Waals surface area (Å²) in [5.74, 6) is -1.35. The molecular formula is C8H10Cl4FNO2S2. The van der Waals surface area contributed by atoms with Crippen LogP contribution in [0.4, 0.5) is 9.57 Å². The molecule has 0 saturated heterocycles. The number of hydrogen-bond donors (Lipinski definition) is 1. The van der Waals surface area contributed by atoms with Crippen LogP contribution in [-0.4, -0.2) is 20.1 Å². The summed E-state index contributed by atoms with van der Waals surface area (Å²) in [4.78, 5) is 0. The Hall–Kier alpha value is 0.410. The van der Waals surface area contributed by atoms with Crippen LogP contribution >= 0.6 is 49.0 Å². The zero-order valence-corrected chi connectivity index (χ0v) is 13.5. The van der Waals surface area contributed by atoms with Gasteiger partial charge in [-0.2, -0.15) is 12.3 Å². The lowest BCUT2D eigenvalue weighted by atomic mass is 10.3. The molecule has 0 heterocycles. The number of rotatable bonds is 5. The Labute approximate surface area is 122 Å². The van der Waals surface area contributed by atoms with Gasteiger partial charge in [-0.1, -0.05) is 18.2 Å². The minimum atomic E-state index is -6.39. The largest absolute Gasteiger partial charge is 0.311 e. The van der Waals surface area contributed by atoms with E-state index in [-0.39, 0.29) is 5.69 Å². The average molecular weight is 377 g/mol. The lowest BCUT2D eigenvalue weighted by Crippen LogP contribution is -2.31. The highest BCUT2D eigenvalue weighted by molar-refractivity contribution is 9.33. The van der Waals surface area contributed by atoms with Gasteiger partial charge in [0.25, 0.3) is 0 Å². The molecule has 3 nitrogen and oxygen atoms in total. The summed E-state index contributed by atoms with van der Waals surface area (Å²) in [6, 6.07) is 7.55. The van der Waals surface area contributed by atoms with E-state index in [1.807, 2.05) is 4.72 Å². The van der Waals surface area contributed by atoms with E-state index in [1.165, 1.54) is 12.1 Å². The van der Waals surface area contributed by atoms with Crippen molar-refractivity contribution in [2.45, 2.75) is 0 Å². The third-order valence-corrected chi connectivity index (χ3v) is 14.4. The van der Waals surface area contributed by atoms with Crippen LogP contribution in [0, 0.1) is 0 Å². The summed E-state index contributed by atoms with van der Waals surface area (Å²) in [6.45, 7) is 0. The molecule has 1 rings (SSSR count). The van der Waals surface area contributed by atoms with Crippen molar-refractivity contribution in [1.29, 1.82) is 0 Å². The molecule has 0 radical (unpaired) electrons. The molecule has 0 spiro atoms. The van der Waals surface area contributed by atoms with Gasteiger partial charge in [-0.25, -0.2) is 0 Å². The Morgan fingerprint density at radius 3 is 2.11 bits per heavy atom. The number of halogens is 5. The molecule has 18 heavy (non-hydrogen) atoms. The Balaban J connectivity index is 3.23. The van der Waals surface area contributed by atoms with E-state index in [4.69, 9.17) is 43.6 Å². The van der Waals surface area contributed by atoms with Crippen LogP contribution in [0.15, 0.2) is 30.3 Å². The standard InChI is InChI=1S/C8H10Cl4FNO2S2/c9-6-7-18(10,11,12,13)17(15,16)14-8-4-2-1-3-5-8/h1-5,14H,6-7H2. The van der Waals surface area contributed by atoms with Crippen LogP contribution in [0.3, 0.4) is 0 Å². The minimum absolute atomic E-state index is 0.0941. The molecule has 0 aromatic heterocycles. The van der Waals surface area contributed by atoms with E-state index in [2.05, 4.69) is 0 Å². The number of benzene rings is 1. The van der Waals surface area contributed by atoms with Gasteiger partial charge < -0.3 is 0 Å². The minimum Gasteiger partial charge on any atom is -0.273 e. The number of anilines is 1. The van der Waals surface area contributed by atoms with Crippen LogP contribution in [0.2, 0.25) is 0 Å². The monoisotopic (exact) mass is 375 g/mol. The van der Waals surface area contributed by atoms with E-state index in [1.54, 1.807) is 18.2 Å². The summed E-state index contributed by atoms with van der Waals surface area (Å²) in [5.41, 5.74) is 0.0941. The molecule has 0 aliphatic rings. The summed E-state index contributed by atoms with van der Waals surface area (Å²) < 4.78 is 40.5. The fourth-order valence-electron chi connectivity index (χ4n) is 1.00. The first-order valence-corrected chi connectivity index (χ1v) is 12.1. The molecule has 0 bridgehead atoms. The lowest BCUT2D eigenvalue weighted by Gasteiger charge is -2.52. The Kier molecular flexibility index (Phi) is 4.08. The summed E-state index contributed by atoms with van der Waals surface area (Å²) in [7, 11) is 11.4. The van der Waals surface area contributed by atoms with Crippen LogP contribution in [0.5, 0.6) is 0 Å². The van der Waals surface area contributed by atoms with Crippen LogP contribution in [-0.2, 0) is 9.06 Å². The third kappa shape index (κ3) is 3.29. The van der Waals surface area contributed by atoms with Gasteiger partial charge in [-0.3, -0.25) is 4.72 Å². The van der Waals surface area contributed by atoms with Crippen molar-refractivity contribution >= 4 is 63.7 Å². The van der Waals surface area contributed by atoms with Gasteiger partial charge in [0, 0.05) is 11.6 Å². The SMILES string of the molecule is O=S(=O)(Nc1ccccc1)S(F)(Cl)(Cl)(Cl)CCCl. The van der Waals surface area contributed by atoms with Crippen LogP contribution in [0.25, 0.3) is 0 Å². The number of hydrogen-bond acceptors (Lipinski definition) is 2. The van der Waals surface area contributed by atoms with E-state index in [0.717, 1.165) is 0 Å². The van der Waals surface area contributed by atoms with Crippen molar-refractivity contribution < 1.29 is 12.3 Å². The molecule has 1 aromatic carbocycles. The predicted molar refractivity (Wildman–Crippen MR) is 80.8 cm³/mol. The van der Waals surface area contributed by atoms with Crippen LogP contribution in [0.1, 0.15) is 0 Å². The number of nitrogens with one attached hydrogen (secondary N) is 1. The Morgan fingerprint density at radius 1 is 1.17 bits per heavy atom. The smallest absolute Gasteiger partial charge is 0.273 e. The Bertz CT molecular complexity index is 542. The molecule has 1 N–H and O–H groups in total. The second-order valence-corrected chi connectivity index (χ2v) is 21.8. The molecular weight excluding hydrogens is 367 g/mol. The first-order chi connectivity index (χ1) is 7.91. The highest BCUT2D eigenvalue weighted by atomic mass is 36.2. The average Bonchev–Trinajstić information content (AvgIpc) is 2.15. The van der Waals surface area contributed by atoms with Gasteiger partial charge in [0.1, 0.15) is 5.35 Å². The first-order valence-electron chi connectivity index (χ1n) is 4.54. The van der Waals surface area contributed by atoms with Crippen molar-refractivity contribution in [3.05, 3.63) is 30.3 Å². The molecule has 1 aromatic rings. The van der Waals surface area contributed by atoms with Gasteiger partial charge in [0.05, 0.1) is 5.75 Å². The Morgan fingerprint density at radius 2 is 1.67 bits per heavy atom. The topological polar surface area (TPSA) is 46.2 Å². The normalized spacial score (nSPS) is 16.7. The van der Waals surface area contributed by atoms with Gasteiger partial charge in [-0.15, -0.1) is 11.6 Å². The van der Waals surface area contributed by atoms with Crippen molar-refractivity contribution in [2.24, 2.45) is 0 Å². The quantitative estimate of drug-likeness (QED) is 0.592. The molecule has 0 amide bonds. The predicted octanol–water partition coefficient (Wildman–Crippen LogP) is 4.80. The zero-order valence-electron chi connectivity index (χ0n) is 8.82. The van der Waals surface area contributed by atoms with E-state index < -0.39 is 26.0 Å². The van der Waals surface area contributed by atoms with Gasteiger partial charge in [-0.05, 0) is 44.2 Å². The summed E-state index contributed by atoms with van der Waals surface area (Å²) in [5, 5.41) is -6.39. The zero-order chi connectivity index (χ0) is 14.1. The highest BCUT2D eigenvalue weighted by Gasteiger charge is 2.67. The van der Waals surface area contributed by atoms with Crippen LogP contribution < -0.4 is 4.72 Å². The molecule has 0 fully saturated rings. The van der Waals surface area contributed by atoms with E-state index >= 15 is 0 Å². The molecule has 0 aliphatic carbocycles. The molecule has 0 unspecified atom stereocenters. The third-order valence-electron chi connectivity index (χ3n) is 1.97. The molecule has 106 valence electrons. The highest BCUT2D eigenvalue weighted by Crippen LogP contribution is 3.06. The van der Waals surface area contributed by atoms with Crippen molar-refractivity contribution in [3.8, 4) is 0 Å². The molecule has 0 atom stereocenters. The first kappa shape index (κ1) is 16.5. The fraction of sp³-hybridized carbons (Fsp3) is 0.250. The van der Waals surface area contributed by atoms with Crippen molar-refractivity contribution in [2.75, 3.05) is 16.4 Å². The maximum Gasteiger partial charge on any atom is 0.311 e. The maximum absolute atomic E-state index is 14.6. The van der Waals surface area contributed by atoms with E-state index in [9.17, 15) is 12.3 Å². The fourth-order valence-corrected chi connectivity index (χ4v) is 7.51. The van der Waals surface area contributed by atoms with Gasteiger partial charge >= 0.3 is 9.06 Å². The summed E-state index contributed by atoms with van der Waals surface area (Å²) in [6.07, 6.45) is 0. The van der Waals surface area contributed by atoms with Crippen molar-refractivity contribution in [1.82, 2.24) is 0 Å². The molecule has 10 heteroatoms. The summed E-state index contributed by atoms with van der Waals surface area (Å²) >= 11 is 5.32. The molecule has 0 saturated carbocycles. The maximum atomic E-state index is 14.6. The van der Waals surface area contributed by atoms with Crippen molar-refractivity contribution in [3.63, 3.8) is 0 Å². The van der Waals surface area contributed by atoms with Gasteiger partial charge in [0.2, 0.25) is 0 Å². The number of alkyl halides is 1.